The first-order chi connectivity index (χ1) is 15.0. The van der Waals surface area contributed by atoms with Gasteiger partial charge in [-0.05, 0) is 43.1 Å². The number of imide groups is 1. The summed E-state index contributed by atoms with van der Waals surface area (Å²) in [6.45, 7) is 5.70. The van der Waals surface area contributed by atoms with E-state index < -0.39 is 34.9 Å². The monoisotopic (exact) mass is 447 g/mol. The lowest BCUT2D eigenvalue weighted by Crippen LogP contribution is -2.50. The molecule has 2 aliphatic rings. The highest BCUT2D eigenvalue weighted by molar-refractivity contribution is 6.08. The average Bonchev–Trinajstić information content (AvgIpc) is 2.95. The van der Waals surface area contributed by atoms with Gasteiger partial charge in [-0.3, -0.25) is 24.6 Å². The number of nitrogens with zero attached hydrogens (tertiary/aromatic N) is 2. The van der Waals surface area contributed by atoms with Gasteiger partial charge in [0.25, 0.3) is 11.6 Å². The van der Waals surface area contributed by atoms with Gasteiger partial charge in [0.1, 0.15) is 24.4 Å². The Kier molecular flexibility index (Phi) is 6.43. The molecule has 0 aromatic heterocycles. The SMILES string of the molecule is COc1ccc([N+](=O)[O-])cc1COC(=O)CN1C(=O)NC2(CCC(C(C)(C)C)CC2)C1=O. The average molecular weight is 447 g/mol. The number of ether oxygens (including phenoxy) is 2. The zero-order chi connectivity index (χ0) is 23.7. The number of hydrogen-bond acceptors (Lipinski definition) is 7. The Hall–Kier alpha value is -3.17. The minimum Gasteiger partial charge on any atom is -0.496 e. The molecule has 10 heteroatoms. The van der Waals surface area contributed by atoms with Gasteiger partial charge in [0.15, 0.2) is 0 Å². The largest absolute Gasteiger partial charge is 0.496 e. The van der Waals surface area contributed by atoms with Crippen LogP contribution in [-0.4, -0.2) is 46.9 Å². The molecule has 174 valence electrons. The minimum absolute atomic E-state index is 0.129. The van der Waals surface area contributed by atoms with Crippen molar-refractivity contribution in [2.75, 3.05) is 13.7 Å². The molecule has 0 atom stereocenters. The second-order valence-electron chi connectivity index (χ2n) is 9.46. The predicted molar refractivity (Wildman–Crippen MR) is 114 cm³/mol. The quantitative estimate of drug-likeness (QED) is 0.307. The highest BCUT2D eigenvalue weighted by Gasteiger charge is 2.53. The van der Waals surface area contributed by atoms with Crippen LogP contribution in [0.1, 0.15) is 52.0 Å². The summed E-state index contributed by atoms with van der Waals surface area (Å²) in [4.78, 5) is 49.2. The Balaban J connectivity index is 1.62. The van der Waals surface area contributed by atoms with Crippen molar-refractivity contribution in [1.29, 1.82) is 0 Å². The first-order valence-corrected chi connectivity index (χ1v) is 10.6. The zero-order valence-corrected chi connectivity index (χ0v) is 18.8. The topological polar surface area (TPSA) is 128 Å². The van der Waals surface area contributed by atoms with Gasteiger partial charge in [-0.15, -0.1) is 0 Å². The Morgan fingerprint density at radius 2 is 1.94 bits per heavy atom. The number of amides is 3. The summed E-state index contributed by atoms with van der Waals surface area (Å²) >= 11 is 0. The fourth-order valence-electron chi connectivity index (χ4n) is 4.46. The number of esters is 1. The number of benzene rings is 1. The molecule has 3 amide bonds. The third-order valence-corrected chi connectivity index (χ3v) is 6.46. The van der Waals surface area contributed by atoms with E-state index in [-0.39, 0.29) is 17.7 Å². The van der Waals surface area contributed by atoms with Crippen LogP contribution in [0.15, 0.2) is 18.2 Å². The number of nitrogens with one attached hydrogen (secondary N) is 1. The number of non-ortho nitro benzene ring substituents is 1. The lowest BCUT2D eigenvalue weighted by Gasteiger charge is -2.40. The van der Waals surface area contributed by atoms with Crippen LogP contribution >= 0.6 is 0 Å². The number of nitro benzene ring substituents is 1. The van der Waals surface area contributed by atoms with Crippen LogP contribution in [-0.2, 0) is 20.9 Å². The van der Waals surface area contributed by atoms with Crippen molar-refractivity contribution in [2.45, 2.75) is 58.6 Å². The predicted octanol–water partition coefficient (Wildman–Crippen LogP) is 3.17. The molecule has 32 heavy (non-hydrogen) atoms. The molecule has 0 bridgehead atoms. The standard InChI is InChI=1S/C22H29N3O7/c1-21(2,3)15-7-9-22(10-8-15)19(27)24(20(28)23-22)12-18(26)32-13-14-11-16(25(29)30)5-6-17(14)31-4/h5-6,11,15H,7-10,12-13H2,1-4H3,(H,23,28). The molecule has 1 aromatic carbocycles. The first-order valence-electron chi connectivity index (χ1n) is 10.6. The molecule has 1 saturated heterocycles. The normalized spacial score (nSPS) is 23.2. The van der Waals surface area contributed by atoms with Crippen LogP contribution in [0.2, 0.25) is 0 Å². The molecule has 3 rings (SSSR count). The molecule has 1 aliphatic carbocycles. The van der Waals surface area contributed by atoms with Crippen LogP contribution in [0.25, 0.3) is 0 Å². The van der Waals surface area contributed by atoms with Gasteiger partial charge in [0.05, 0.1) is 12.0 Å². The van der Waals surface area contributed by atoms with E-state index in [1.54, 1.807) is 0 Å². The van der Waals surface area contributed by atoms with E-state index in [9.17, 15) is 24.5 Å². The molecular formula is C22H29N3O7. The number of rotatable bonds is 6. The number of urea groups is 1. The summed E-state index contributed by atoms with van der Waals surface area (Å²) in [7, 11) is 1.40. The molecule has 1 heterocycles. The van der Waals surface area contributed by atoms with Gasteiger partial charge in [-0.25, -0.2) is 4.79 Å². The Morgan fingerprint density at radius 1 is 1.28 bits per heavy atom. The van der Waals surface area contributed by atoms with Gasteiger partial charge >= 0.3 is 12.0 Å². The van der Waals surface area contributed by atoms with Crippen molar-refractivity contribution in [1.82, 2.24) is 10.2 Å². The van der Waals surface area contributed by atoms with Crippen LogP contribution < -0.4 is 10.1 Å². The molecule has 0 radical (unpaired) electrons. The van der Waals surface area contributed by atoms with Crippen LogP contribution in [0.5, 0.6) is 5.75 Å². The van der Waals surface area contributed by atoms with Crippen LogP contribution in [0.3, 0.4) is 0 Å². The van der Waals surface area contributed by atoms with Crippen LogP contribution in [0.4, 0.5) is 10.5 Å². The summed E-state index contributed by atoms with van der Waals surface area (Å²) in [6.07, 6.45) is 2.71. The van der Waals surface area contributed by atoms with Gasteiger partial charge < -0.3 is 14.8 Å². The van der Waals surface area contributed by atoms with Crippen molar-refractivity contribution in [2.24, 2.45) is 11.3 Å². The summed E-state index contributed by atoms with van der Waals surface area (Å²) in [5.74, 6) is -0.406. The van der Waals surface area contributed by atoms with E-state index in [0.717, 1.165) is 17.7 Å². The van der Waals surface area contributed by atoms with Gasteiger partial charge in [0.2, 0.25) is 0 Å². The summed E-state index contributed by atoms with van der Waals surface area (Å²) in [5.41, 5.74) is -0.685. The number of carbonyl (C=O) groups is 3. The van der Waals surface area contributed by atoms with Crippen molar-refractivity contribution < 1.29 is 28.8 Å². The maximum Gasteiger partial charge on any atom is 0.326 e. The highest BCUT2D eigenvalue weighted by atomic mass is 16.6. The zero-order valence-electron chi connectivity index (χ0n) is 18.8. The number of nitro groups is 1. The maximum absolute atomic E-state index is 13.0. The number of carbonyl (C=O) groups excluding carboxylic acids is 3. The van der Waals surface area contributed by atoms with E-state index in [1.165, 1.54) is 25.3 Å². The smallest absolute Gasteiger partial charge is 0.326 e. The lowest BCUT2D eigenvalue weighted by atomic mass is 9.67. The minimum atomic E-state index is -0.956. The lowest BCUT2D eigenvalue weighted by molar-refractivity contribution is -0.385. The van der Waals surface area contributed by atoms with Gasteiger partial charge in [-0.2, -0.15) is 0 Å². The molecule has 10 nitrogen and oxygen atoms in total. The summed E-state index contributed by atoms with van der Waals surface area (Å²) in [5, 5.41) is 13.8. The molecule has 1 aliphatic heterocycles. The van der Waals surface area contributed by atoms with Crippen molar-refractivity contribution in [3.05, 3.63) is 33.9 Å². The third-order valence-electron chi connectivity index (χ3n) is 6.46. The van der Waals surface area contributed by atoms with Gasteiger partial charge in [-0.1, -0.05) is 20.8 Å². The summed E-state index contributed by atoms with van der Waals surface area (Å²) in [6, 6.07) is 3.35. The Bertz CT molecular complexity index is 930. The molecule has 1 spiro atoms. The highest BCUT2D eigenvalue weighted by Crippen LogP contribution is 2.43. The fourth-order valence-corrected chi connectivity index (χ4v) is 4.46. The third kappa shape index (κ3) is 4.68. The first kappa shape index (κ1) is 23.5. The number of methoxy groups -OCH3 is 1. The summed E-state index contributed by atoms with van der Waals surface area (Å²) < 4.78 is 10.3. The van der Waals surface area contributed by atoms with Crippen molar-refractivity contribution in [3.63, 3.8) is 0 Å². The van der Waals surface area contributed by atoms with Crippen molar-refractivity contribution >= 4 is 23.6 Å². The van der Waals surface area contributed by atoms with Crippen molar-refractivity contribution in [3.8, 4) is 5.75 Å². The van der Waals surface area contributed by atoms with E-state index >= 15 is 0 Å². The molecule has 1 saturated carbocycles. The molecule has 1 N–H and O–H groups in total. The van der Waals surface area contributed by atoms with E-state index in [0.29, 0.717) is 30.1 Å². The molecule has 2 fully saturated rings. The van der Waals surface area contributed by atoms with E-state index in [1.807, 2.05) is 0 Å². The maximum atomic E-state index is 13.0. The van der Waals surface area contributed by atoms with Crippen LogP contribution in [0, 0.1) is 21.4 Å². The second kappa shape index (κ2) is 8.76. The number of hydrogen-bond donors (Lipinski definition) is 1. The van der Waals surface area contributed by atoms with E-state index in [4.69, 9.17) is 9.47 Å². The second-order valence-corrected chi connectivity index (χ2v) is 9.46. The Labute approximate surface area is 186 Å². The molecular weight excluding hydrogens is 418 g/mol. The fraction of sp³-hybridized carbons (Fsp3) is 0.591. The molecule has 1 aromatic rings. The van der Waals surface area contributed by atoms with Gasteiger partial charge in [0, 0.05) is 17.7 Å². The van der Waals surface area contributed by atoms with E-state index in [2.05, 4.69) is 26.1 Å². The molecule has 0 unspecified atom stereocenters. The Morgan fingerprint density at radius 3 is 2.50 bits per heavy atom.